The molecular weight excluding hydrogens is 342 g/mol. The van der Waals surface area contributed by atoms with E-state index in [0.717, 1.165) is 25.9 Å². The molecule has 25 heavy (non-hydrogen) atoms. The molecule has 0 aliphatic carbocycles. The lowest BCUT2D eigenvalue weighted by Gasteiger charge is -2.14. The lowest BCUT2D eigenvalue weighted by molar-refractivity contribution is 0.0941. The molecule has 0 atom stereocenters. The molecule has 3 rings (SSSR count). The van der Waals surface area contributed by atoms with Gasteiger partial charge in [0.05, 0.1) is 4.90 Å². The number of carbonyl (C=O) groups excluding carboxylic acids is 1. The molecule has 2 aromatic rings. The molecule has 0 unspecified atom stereocenters. The van der Waals surface area contributed by atoms with Gasteiger partial charge in [-0.15, -0.1) is 0 Å². The zero-order valence-electron chi connectivity index (χ0n) is 14.1. The number of benzene rings is 1. The second kappa shape index (κ2) is 7.37. The minimum atomic E-state index is -3.24. The summed E-state index contributed by atoms with van der Waals surface area (Å²) in [6.07, 6.45) is 3.60. The number of nitrogens with zero attached hydrogens (tertiary/aromatic N) is 2. The number of likely N-dealkylation sites (tertiary alicyclic amines) is 1. The van der Waals surface area contributed by atoms with E-state index in [1.165, 1.54) is 25.0 Å². The van der Waals surface area contributed by atoms with Crippen LogP contribution in [0.1, 0.15) is 23.3 Å². The van der Waals surface area contributed by atoms with Gasteiger partial charge < -0.3 is 14.7 Å². The summed E-state index contributed by atoms with van der Waals surface area (Å²) in [5.74, 6) is 0.145. The first-order valence-electron chi connectivity index (χ1n) is 8.21. The SMILES string of the molecule is CS(=O)(=O)c1ccc(-c2cc(C(=O)NCCN3CCCC3)no2)cc1. The maximum absolute atomic E-state index is 12.1. The van der Waals surface area contributed by atoms with Gasteiger partial charge in [-0.3, -0.25) is 4.79 Å². The molecule has 1 fully saturated rings. The highest BCUT2D eigenvalue weighted by Crippen LogP contribution is 2.22. The Hall–Kier alpha value is -2.19. The van der Waals surface area contributed by atoms with Gasteiger partial charge in [-0.25, -0.2) is 8.42 Å². The number of rotatable bonds is 6. The molecule has 0 bridgehead atoms. The van der Waals surface area contributed by atoms with Crippen LogP contribution in [0.25, 0.3) is 11.3 Å². The smallest absolute Gasteiger partial charge is 0.273 e. The van der Waals surface area contributed by atoms with Crippen LogP contribution in [0, 0.1) is 0 Å². The van der Waals surface area contributed by atoms with Gasteiger partial charge in [0.2, 0.25) is 0 Å². The standard InChI is InChI=1S/C17H21N3O4S/c1-25(22,23)14-6-4-13(5-7-14)16-12-15(19-24-16)17(21)18-8-11-20-9-2-3-10-20/h4-7,12H,2-3,8-11H2,1H3,(H,18,21). The number of nitrogens with one attached hydrogen (secondary N) is 1. The van der Waals surface area contributed by atoms with Crippen molar-refractivity contribution in [2.24, 2.45) is 0 Å². The van der Waals surface area contributed by atoms with Crippen LogP contribution in [0.2, 0.25) is 0 Å². The lowest BCUT2D eigenvalue weighted by Crippen LogP contribution is -2.33. The zero-order chi connectivity index (χ0) is 17.9. The van der Waals surface area contributed by atoms with E-state index >= 15 is 0 Å². The highest BCUT2D eigenvalue weighted by molar-refractivity contribution is 7.90. The van der Waals surface area contributed by atoms with E-state index in [1.54, 1.807) is 18.2 Å². The van der Waals surface area contributed by atoms with E-state index in [4.69, 9.17) is 4.52 Å². The molecule has 1 aromatic carbocycles. The second-order valence-corrected chi connectivity index (χ2v) is 8.19. The second-order valence-electron chi connectivity index (χ2n) is 6.18. The van der Waals surface area contributed by atoms with Crippen LogP contribution in [-0.4, -0.2) is 56.8 Å². The van der Waals surface area contributed by atoms with Crippen molar-refractivity contribution < 1.29 is 17.7 Å². The minimum absolute atomic E-state index is 0.212. The average molecular weight is 363 g/mol. The summed E-state index contributed by atoms with van der Waals surface area (Å²) in [5.41, 5.74) is 0.875. The Morgan fingerprint density at radius 1 is 1.24 bits per heavy atom. The molecule has 2 heterocycles. The van der Waals surface area contributed by atoms with Gasteiger partial charge in [-0.1, -0.05) is 5.16 Å². The molecule has 1 amide bonds. The average Bonchev–Trinajstić information content (AvgIpc) is 3.26. The molecule has 1 aliphatic heterocycles. The highest BCUT2D eigenvalue weighted by Gasteiger charge is 2.16. The fraction of sp³-hybridized carbons (Fsp3) is 0.412. The number of amides is 1. The van der Waals surface area contributed by atoms with Crippen LogP contribution in [0.3, 0.4) is 0 Å². The van der Waals surface area contributed by atoms with Gasteiger partial charge in [0.15, 0.2) is 21.3 Å². The van der Waals surface area contributed by atoms with Crippen molar-refractivity contribution in [3.05, 3.63) is 36.0 Å². The summed E-state index contributed by atoms with van der Waals surface area (Å²) >= 11 is 0. The molecule has 0 spiro atoms. The van der Waals surface area contributed by atoms with Crippen LogP contribution in [0.15, 0.2) is 39.8 Å². The Labute approximate surface area is 146 Å². The first-order valence-corrected chi connectivity index (χ1v) is 10.1. The van der Waals surface area contributed by atoms with E-state index in [9.17, 15) is 13.2 Å². The molecule has 0 saturated carbocycles. The topological polar surface area (TPSA) is 92.5 Å². The lowest BCUT2D eigenvalue weighted by atomic mass is 10.1. The molecule has 1 saturated heterocycles. The van der Waals surface area contributed by atoms with E-state index in [0.29, 0.717) is 17.9 Å². The van der Waals surface area contributed by atoms with Crippen LogP contribution in [0.4, 0.5) is 0 Å². The third-order valence-corrected chi connectivity index (χ3v) is 5.35. The minimum Gasteiger partial charge on any atom is -0.355 e. The Balaban J connectivity index is 1.60. The summed E-state index contributed by atoms with van der Waals surface area (Å²) in [6.45, 7) is 3.59. The number of hydrogen-bond donors (Lipinski definition) is 1. The predicted octanol–water partition coefficient (Wildman–Crippen LogP) is 1.57. The maximum Gasteiger partial charge on any atom is 0.273 e. The van der Waals surface area contributed by atoms with Crippen LogP contribution in [0.5, 0.6) is 0 Å². The van der Waals surface area contributed by atoms with Gasteiger partial charge in [0.25, 0.3) is 5.91 Å². The van der Waals surface area contributed by atoms with E-state index in [1.807, 2.05) is 0 Å². The molecule has 7 nitrogen and oxygen atoms in total. The molecular formula is C17H21N3O4S. The molecule has 1 aliphatic rings. The summed E-state index contributed by atoms with van der Waals surface area (Å²) in [5, 5.41) is 6.63. The summed E-state index contributed by atoms with van der Waals surface area (Å²) in [7, 11) is -3.24. The molecule has 1 aromatic heterocycles. The van der Waals surface area contributed by atoms with Gasteiger partial charge in [0.1, 0.15) is 0 Å². The highest BCUT2D eigenvalue weighted by atomic mass is 32.2. The number of aromatic nitrogens is 1. The third kappa shape index (κ3) is 4.46. The normalized spacial score (nSPS) is 15.4. The monoisotopic (exact) mass is 363 g/mol. The molecule has 0 radical (unpaired) electrons. The fourth-order valence-corrected chi connectivity index (χ4v) is 3.44. The van der Waals surface area contributed by atoms with Crippen molar-refractivity contribution in [1.29, 1.82) is 0 Å². The molecule has 134 valence electrons. The van der Waals surface area contributed by atoms with E-state index < -0.39 is 9.84 Å². The largest absolute Gasteiger partial charge is 0.355 e. The van der Waals surface area contributed by atoms with Crippen molar-refractivity contribution in [3.63, 3.8) is 0 Å². The Morgan fingerprint density at radius 3 is 2.56 bits per heavy atom. The van der Waals surface area contributed by atoms with Crippen molar-refractivity contribution in [2.45, 2.75) is 17.7 Å². The van der Waals surface area contributed by atoms with E-state index in [-0.39, 0.29) is 16.5 Å². The van der Waals surface area contributed by atoms with Crippen LogP contribution < -0.4 is 5.32 Å². The summed E-state index contributed by atoms with van der Waals surface area (Å²) in [6, 6.07) is 7.82. The fourth-order valence-electron chi connectivity index (χ4n) is 2.81. The Morgan fingerprint density at radius 2 is 1.92 bits per heavy atom. The van der Waals surface area contributed by atoms with Crippen molar-refractivity contribution in [3.8, 4) is 11.3 Å². The van der Waals surface area contributed by atoms with Crippen molar-refractivity contribution in [2.75, 3.05) is 32.4 Å². The van der Waals surface area contributed by atoms with Gasteiger partial charge in [-0.2, -0.15) is 0 Å². The summed E-state index contributed by atoms with van der Waals surface area (Å²) in [4.78, 5) is 14.7. The van der Waals surface area contributed by atoms with Crippen LogP contribution >= 0.6 is 0 Å². The summed E-state index contributed by atoms with van der Waals surface area (Å²) < 4.78 is 28.2. The van der Waals surface area contributed by atoms with E-state index in [2.05, 4.69) is 15.4 Å². The first-order chi connectivity index (χ1) is 11.9. The maximum atomic E-state index is 12.1. The van der Waals surface area contributed by atoms with Crippen molar-refractivity contribution in [1.82, 2.24) is 15.4 Å². The zero-order valence-corrected chi connectivity index (χ0v) is 14.9. The Kier molecular flexibility index (Phi) is 5.19. The third-order valence-electron chi connectivity index (χ3n) is 4.22. The van der Waals surface area contributed by atoms with Gasteiger partial charge in [0, 0.05) is 31.0 Å². The first kappa shape index (κ1) is 17.6. The molecule has 8 heteroatoms. The van der Waals surface area contributed by atoms with Crippen LogP contribution in [-0.2, 0) is 9.84 Å². The quantitative estimate of drug-likeness (QED) is 0.837. The number of carbonyl (C=O) groups is 1. The van der Waals surface area contributed by atoms with Crippen molar-refractivity contribution >= 4 is 15.7 Å². The Bertz CT molecular complexity index is 837. The van der Waals surface area contributed by atoms with Gasteiger partial charge >= 0.3 is 0 Å². The number of hydrogen-bond acceptors (Lipinski definition) is 6. The predicted molar refractivity (Wildman–Crippen MR) is 93.1 cm³/mol. The number of sulfone groups is 1. The van der Waals surface area contributed by atoms with Gasteiger partial charge in [-0.05, 0) is 50.2 Å². The molecule has 1 N–H and O–H groups in total.